The van der Waals surface area contributed by atoms with Gasteiger partial charge in [0, 0.05) is 23.3 Å². The summed E-state index contributed by atoms with van der Waals surface area (Å²) >= 11 is 0. The molecular formula is C16H7F6N3O2. The largest absolute Gasteiger partial charge is 0.471 e. The van der Waals surface area contributed by atoms with Gasteiger partial charge in [-0.2, -0.15) is 18.2 Å². The molecule has 0 atom stereocenters. The number of nitrogens with one attached hydrogen (secondary N) is 1. The molecule has 3 rings (SSSR count). The summed E-state index contributed by atoms with van der Waals surface area (Å²) in [5.41, 5.74) is -0.787. The first-order valence-electron chi connectivity index (χ1n) is 7.12. The van der Waals surface area contributed by atoms with E-state index in [0.717, 1.165) is 0 Å². The first-order valence-corrected chi connectivity index (χ1v) is 7.12. The van der Waals surface area contributed by atoms with Crippen molar-refractivity contribution in [2.24, 2.45) is 0 Å². The van der Waals surface area contributed by atoms with E-state index in [1.54, 1.807) is 0 Å². The van der Waals surface area contributed by atoms with Gasteiger partial charge in [0.15, 0.2) is 11.6 Å². The fourth-order valence-electron chi connectivity index (χ4n) is 2.07. The molecule has 0 bridgehead atoms. The predicted octanol–water partition coefficient (Wildman–Crippen LogP) is 4.43. The summed E-state index contributed by atoms with van der Waals surface area (Å²) in [6.07, 6.45) is -4.80. The number of halogens is 6. The molecule has 0 unspecified atom stereocenters. The van der Waals surface area contributed by atoms with Gasteiger partial charge in [0.25, 0.3) is 5.91 Å². The Hall–Kier alpha value is -3.37. The van der Waals surface area contributed by atoms with Crippen LogP contribution in [0, 0.1) is 17.5 Å². The van der Waals surface area contributed by atoms with E-state index in [0.29, 0.717) is 12.1 Å². The lowest BCUT2D eigenvalue weighted by Gasteiger charge is -2.08. The van der Waals surface area contributed by atoms with Crippen LogP contribution in [0.15, 0.2) is 40.9 Å². The summed E-state index contributed by atoms with van der Waals surface area (Å²) in [7, 11) is 0. The van der Waals surface area contributed by atoms with Crippen LogP contribution in [0.3, 0.4) is 0 Å². The minimum atomic E-state index is -4.80. The Morgan fingerprint density at radius 1 is 1.00 bits per heavy atom. The number of amides is 1. The Labute approximate surface area is 146 Å². The maximum atomic E-state index is 13.6. The Morgan fingerprint density at radius 3 is 2.11 bits per heavy atom. The third-order valence-electron chi connectivity index (χ3n) is 3.32. The molecule has 0 aliphatic heterocycles. The van der Waals surface area contributed by atoms with Crippen molar-refractivity contribution in [3.8, 4) is 11.4 Å². The number of nitrogens with zero attached hydrogens (tertiary/aromatic N) is 2. The van der Waals surface area contributed by atoms with Crippen LogP contribution in [-0.2, 0) is 6.18 Å². The van der Waals surface area contributed by atoms with Crippen molar-refractivity contribution < 1.29 is 35.7 Å². The molecule has 0 fully saturated rings. The maximum Gasteiger partial charge on any atom is 0.471 e. The van der Waals surface area contributed by atoms with Crippen LogP contribution in [0.2, 0.25) is 0 Å². The smallest absolute Gasteiger partial charge is 0.329 e. The van der Waals surface area contributed by atoms with Crippen LogP contribution < -0.4 is 5.32 Å². The Morgan fingerprint density at radius 2 is 1.59 bits per heavy atom. The van der Waals surface area contributed by atoms with Crippen molar-refractivity contribution >= 4 is 11.6 Å². The molecular weight excluding hydrogens is 380 g/mol. The van der Waals surface area contributed by atoms with E-state index in [-0.39, 0.29) is 17.0 Å². The van der Waals surface area contributed by atoms with Crippen molar-refractivity contribution in [3.63, 3.8) is 0 Å². The Balaban J connectivity index is 1.79. The average molecular weight is 387 g/mol. The van der Waals surface area contributed by atoms with Crippen LogP contribution in [0.25, 0.3) is 11.4 Å². The zero-order valence-corrected chi connectivity index (χ0v) is 12.9. The number of anilines is 1. The minimum absolute atomic E-state index is 0.0681. The molecule has 0 aliphatic carbocycles. The predicted molar refractivity (Wildman–Crippen MR) is 79.0 cm³/mol. The van der Waals surface area contributed by atoms with E-state index in [9.17, 15) is 31.1 Å². The zero-order valence-electron chi connectivity index (χ0n) is 12.9. The van der Waals surface area contributed by atoms with Crippen LogP contribution in [0.1, 0.15) is 16.2 Å². The van der Waals surface area contributed by atoms with Gasteiger partial charge in [-0.3, -0.25) is 4.79 Å². The van der Waals surface area contributed by atoms with Gasteiger partial charge in [-0.05, 0) is 12.1 Å². The zero-order chi connectivity index (χ0) is 19.8. The van der Waals surface area contributed by atoms with Gasteiger partial charge in [0.2, 0.25) is 5.82 Å². The molecule has 0 saturated heterocycles. The van der Waals surface area contributed by atoms with Crippen molar-refractivity contribution in [1.29, 1.82) is 0 Å². The van der Waals surface area contributed by atoms with E-state index in [1.807, 2.05) is 5.32 Å². The summed E-state index contributed by atoms with van der Waals surface area (Å²) < 4.78 is 81.4. The highest BCUT2D eigenvalue weighted by molar-refractivity contribution is 6.04. The van der Waals surface area contributed by atoms with Gasteiger partial charge >= 0.3 is 12.1 Å². The number of benzene rings is 2. The van der Waals surface area contributed by atoms with Gasteiger partial charge in [-0.15, -0.1) is 0 Å². The number of aromatic nitrogens is 2. The monoisotopic (exact) mass is 387 g/mol. The van der Waals surface area contributed by atoms with Crippen LogP contribution >= 0.6 is 0 Å². The second-order valence-electron chi connectivity index (χ2n) is 5.20. The van der Waals surface area contributed by atoms with Crippen molar-refractivity contribution in [2.45, 2.75) is 6.18 Å². The fourth-order valence-corrected chi connectivity index (χ4v) is 2.07. The SMILES string of the molecule is O=C(Nc1c(F)cc(F)cc1F)c1ccc(-c2noc(C(F)(F)F)n2)cc1. The Bertz CT molecular complexity index is 975. The standard InChI is InChI=1S/C16H7F6N3O2/c17-9-5-10(18)12(11(19)6-9)23-14(26)8-3-1-7(2-4-8)13-24-15(27-25-13)16(20,21)22/h1-6H,(H,23,26). The number of hydrogen-bond donors (Lipinski definition) is 1. The average Bonchev–Trinajstić information content (AvgIpc) is 3.08. The fraction of sp³-hybridized carbons (Fsp3) is 0.0625. The lowest BCUT2D eigenvalue weighted by Crippen LogP contribution is -2.14. The molecule has 0 spiro atoms. The summed E-state index contributed by atoms with van der Waals surface area (Å²) in [4.78, 5) is 15.2. The van der Waals surface area contributed by atoms with Gasteiger partial charge in [0.05, 0.1) is 0 Å². The molecule has 3 aromatic rings. The molecule has 1 heterocycles. The quantitative estimate of drug-likeness (QED) is 0.676. The second kappa shape index (κ2) is 6.74. The van der Waals surface area contributed by atoms with Crippen LogP contribution in [0.4, 0.5) is 32.0 Å². The third-order valence-corrected chi connectivity index (χ3v) is 3.32. The van der Waals surface area contributed by atoms with Gasteiger partial charge in [0.1, 0.15) is 11.5 Å². The van der Waals surface area contributed by atoms with E-state index >= 15 is 0 Å². The molecule has 1 aromatic heterocycles. The highest BCUT2D eigenvalue weighted by atomic mass is 19.4. The molecule has 0 aliphatic rings. The van der Waals surface area contributed by atoms with E-state index in [1.165, 1.54) is 24.3 Å². The van der Waals surface area contributed by atoms with Gasteiger partial charge in [-0.25, -0.2) is 13.2 Å². The van der Waals surface area contributed by atoms with Crippen LogP contribution in [-0.4, -0.2) is 16.0 Å². The van der Waals surface area contributed by atoms with E-state index in [4.69, 9.17) is 0 Å². The highest BCUT2D eigenvalue weighted by Gasteiger charge is 2.38. The molecule has 0 radical (unpaired) electrons. The molecule has 11 heteroatoms. The molecule has 0 saturated carbocycles. The topological polar surface area (TPSA) is 68.0 Å². The van der Waals surface area contributed by atoms with E-state index < -0.39 is 41.1 Å². The first kappa shape index (κ1) is 18.4. The summed E-state index contributed by atoms with van der Waals surface area (Å²) in [5, 5.41) is 5.14. The number of carbonyl (C=O) groups is 1. The molecule has 1 N–H and O–H groups in total. The summed E-state index contributed by atoms with van der Waals surface area (Å²) in [5.74, 6) is -6.56. The summed E-state index contributed by atoms with van der Waals surface area (Å²) in [6.45, 7) is 0. The first-order chi connectivity index (χ1) is 12.6. The van der Waals surface area contributed by atoms with Crippen LogP contribution in [0.5, 0.6) is 0 Å². The van der Waals surface area contributed by atoms with Gasteiger partial charge < -0.3 is 9.84 Å². The van der Waals surface area contributed by atoms with E-state index in [2.05, 4.69) is 14.7 Å². The molecule has 1 amide bonds. The normalized spacial score (nSPS) is 11.5. The third kappa shape index (κ3) is 3.91. The maximum absolute atomic E-state index is 13.6. The minimum Gasteiger partial charge on any atom is -0.329 e. The van der Waals surface area contributed by atoms with Crippen molar-refractivity contribution in [1.82, 2.24) is 10.1 Å². The molecule has 5 nitrogen and oxygen atoms in total. The second-order valence-corrected chi connectivity index (χ2v) is 5.20. The summed E-state index contributed by atoms with van der Waals surface area (Å²) in [6, 6.07) is 5.59. The van der Waals surface area contributed by atoms with Gasteiger partial charge in [-0.1, -0.05) is 17.3 Å². The van der Waals surface area contributed by atoms with Crippen molar-refractivity contribution in [3.05, 3.63) is 65.3 Å². The molecule has 2 aromatic carbocycles. The molecule has 140 valence electrons. The molecule has 27 heavy (non-hydrogen) atoms. The Kier molecular flexibility index (Phi) is 4.60. The lowest BCUT2D eigenvalue weighted by molar-refractivity contribution is -0.159. The highest BCUT2D eigenvalue weighted by Crippen LogP contribution is 2.29. The number of rotatable bonds is 3. The number of hydrogen-bond acceptors (Lipinski definition) is 4. The number of carbonyl (C=O) groups excluding carboxylic acids is 1. The van der Waals surface area contributed by atoms with Crippen molar-refractivity contribution in [2.75, 3.05) is 5.32 Å². The lowest BCUT2D eigenvalue weighted by atomic mass is 10.1. The number of alkyl halides is 3.